The van der Waals surface area contributed by atoms with Gasteiger partial charge in [-0.25, -0.2) is 0 Å². The van der Waals surface area contributed by atoms with E-state index in [1.165, 1.54) is 9.70 Å². The number of hydrogen-bond acceptors (Lipinski definition) is 5. The van der Waals surface area contributed by atoms with E-state index in [-0.39, 0.29) is 24.4 Å². The van der Waals surface area contributed by atoms with Crippen molar-refractivity contribution in [3.05, 3.63) is 47.4 Å². The van der Waals surface area contributed by atoms with Crippen molar-refractivity contribution in [2.24, 2.45) is 0 Å². The van der Waals surface area contributed by atoms with Gasteiger partial charge in [0.2, 0.25) is 5.91 Å². The van der Waals surface area contributed by atoms with Crippen molar-refractivity contribution < 1.29 is 9.59 Å². The summed E-state index contributed by atoms with van der Waals surface area (Å²) in [4.78, 5) is 26.8. The van der Waals surface area contributed by atoms with E-state index in [1.54, 1.807) is 6.08 Å². The molecule has 0 radical (unpaired) electrons. The Balaban J connectivity index is 1.65. The summed E-state index contributed by atoms with van der Waals surface area (Å²) >= 11 is 0. The molecule has 0 unspecified atom stereocenters. The Kier molecular flexibility index (Phi) is 2.97. The van der Waals surface area contributed by atoms with Crippen molar-refractivity contribution in [3.8, 4) is 5.69 Å². The predicted molar refractivity (Wildman–Crippen MR) is 79.2 cm³/mol. The van der Waals surface area contributed by atoms with E-state index >= 15 is 0 Å². The van der Waals surface area contributed by atoms with Gasteiger partial charge in [0.05, 0.1) is 12.2 Å². The van der Waals surface area contributed by atoms with Gasteiger partial charge in [-0.05, 0) is 36.3 Å². The highest BCUT2D eigenvalue weighted by atomic mass is 16.2. The number of amides is 2. The molecule has 3 heterocycles. The maximum Gasteiger partial charge on any atom is 0.268 e. The van der Waals surface area contributed by atoms with Crippen LogP contribution < -0.4 is 5.32 Å². The van der Waals surface area contributed by atoms with Crippen LogP contribution in [0, 0.1) is 6.92 Å². The molecular weight excluding hydrogens is 296 g/mol. The molecule has 1 atom stereocenters. The molecule has 0 bridgehead atoms. The van der Waals surface area contributed by atoms with Crippen molar-refractivity contribution in [1.82, 2.24) is 30.4 Å². The van der Waals surface area contributed by atoms with Gasteiger partial charge in [0.15, 0.2) is 5.82 Å². The molecule has 2 aliphatic rings. The maximum atomic E-state index is 12.1. The van der Waals surface area contributed by atoms with Crippen LogP contribution in [0.25, 0.3) is 5.69 Å². The molecule has 23 heavy (non-hydrogen) atoms. The molecule has 2 aromatic rings. The number of rotatable bonds is 2. The van der Waals surface area contributed by atoms with Gasteiger partial charge in [0.1, 0.15) is 11.7 Å². The average molecular weight is 310 g/mol. The van der Waals surface area contributed by atoms with Gasteiger partial charge in [-0.15, -0.1) is 15.0 Å². The number of carbonyl (C=O) groups excluding carboxylic acids is 2. The van der Waals surface area contributed by atoms with E-state index in [1.807, 2.05) is 31.2 Å². The molecule has 116 valence electrons. The molecule has 1 fully saturated rings. The Morgan fingerprint density at radius 2 is 2.17 bits per heavy atom. The number of carbonyl (C=O) groups is 2. The number of aryl methyl sites for hydroxylation is 1. The second kappa shape index (κ2) is 5.01. The van der Waals surface area contributed by atoms with Gasteiger partial charge in [0, 0.05) is 0 Å². The molecule has 0 spiro atoms. The minimum absolute atomic E-state index is 0.00130. The molecule has 0 aliphatic carbocycles. The van der Waals surface area contributed by atoms with Crippen LogP contribution in [0.4, 0.5) is 0 Å². The summed E-state index contributed by atoms with van der Waals surface area (Å²) in [6, 6.07) is 7.36. The van der Waals surface area contributed by atoms with Crippen LogP contribution in [0.2, 0.25) is 0 Å². The summed E-state index contributed by atoms with van der Waals surface area (Å²) in [5.74, 6) is 0.0317. The van der Waals surface area contributed by atoms with Crippen LogP contribution in [0.5, 0.6) is 0 Å². The summed E-state index contributed by atoms with van der Waals surface area (Å²) in [5.41, 5.74) is 2.27. The quantitative estimate of drug-likeness (QED) is 0.858. The third kappa shape index (κ3) is 2.19. The number of benzene rings is 1. The Labute approximate surface area is 131 Å². The molecule has 8 nitrogen and oxygen atoms in total. The van der Waals surface area contributed by atoms with Gasteiger partial charge >= 0.3 is 0 Å². The van der Waals surface area contributed by atoms with E-state index in [0.717, 1.165) is 11.3 Å². The fraction of sp³-hybridized carbons (Fsp3) is 0.267. The SMILES string of the molecule is Cc1cccc(-n2nnc([C@H]3CC=C4C(=O)NCC(=O)N43)n2)c1. The van der Waals surface area contributed by atoms with Crippen LogP contribution >= 0.6 is 0 Å². The van der Waals surface area contributed by atoms with Crippen molar-refractivity contribution in [2.75, 3.05) is 6.54 Å². The van der Waals surface area contributed by atoms with Gasteiger partial charge in [-0.2, -0.15) is 0 Å². The van der Waals surface area contributed by atoms with Gasteiger partial charge in [-0.3, -0.25) is 14.5 Å². The largest absolute Gasteiger partial charge is 0.342 e. The van der Waals surface area contributed by atoms with Crippen LogP contribution in [-0.4, -0.2) is 43.5 Å². The first kappa shape index (κ1) is 13.6. The fourth-order valence-electron chi connectivity index (χ4n) is 2.88. The van der Waals surface area contributed by atoms with Crippen molar-refractivity contribution in [2.45, 2.75) is 19.4 Å². The number of nitrogens with zero attached hydrogens (tertiary/aromatic N) is 5. The van der Waals surface area contributed by atoms with Gasteiger partial charge in [0.25, 0.3) is 5.91 Å². The maximum absolute atomic E-state index is 12.1. The van der Waals surface area contributed by atoms with Crippen molar-refractivity contribution in [1.29, 1.82) is 0 Å². The Hall–Kier alpha value is -3.03. The van der Waals surface area contributed by atoms with Crippen molar-refractivity contribution >= 4 is 11.8 Å². The lowest BCUT2D eigenvalue weighted by molar-refractivity contribution is -0.137. The van der Waals surface area contributed by atoms with E-state index in [4.69, 9.17) is 0 Å². The number of fused-ring (bicyclic) bond motifs is 1. The first-order chi connectivity index (χ1) is 11.1. The molecule has 2 aliphatic heterocycles. The standard InChI is InChI=1S/C15H14N6O2/c1-9-3-2-4-10(7-9)21-18-14(17-19-21)11-5-6-12-15(23)16-8-13(22)20(11)12/h2-4,6-7,11H,5,8H2,1H3,(H,16,23)/t11-/m1/s1. The number of tetrazole rings is 1. The van der Waals surface area contributed by atoms with Crippen LogP contribution in [0.1, 0.15) is 23.9 Å². The fourth-order valence-corrected chi connectivity index (χ4v) is 2.88. The minimum Gasteiger partial charge on any atom is -0.342 e. The summed E-state index contributed by atoms with van der Waals surface area (Å²) in [7, 11) is 0. The molecule has 4 rings (SSSR count). The summed E-state index contributed by atoms with van der Waals surface area (Å²) in [5, 5.41) is 15.1. The van der Waals surface area contributed by atoms with Crippen molar-refractivity contribution in [3.63, 3.8) is 0 Å². The zero-order valence-corrected chi connectivity index (χ0v) is 12.4. The second-order valence-electron chi connectivity index (χ2n) is 5.56. The molecule has 1 aromatic heterocycles. The third-order valence-electron chi connectivity index (χ3n) is 3.97. The van der Waals surface area contributed by atoms with Crippen LogP contribution in [-0.2, 0) is 9.59 Å². The van der Waals surface area contributed by atoms with E-state index in [9.17, 15) is 9.59 Å². The predicted octanol–water partition coefficient (Wildman–Crippen LogP) is 0.258. The molecule has 8 heteroatoms. The highest BCUT2D eigenvalue weighted by Crippen LogP contribution is 2.34. The number of hydrogen-bond donors (Lipinski definition) is 1. The highest BCUT2D eigenvalue weighted by Gasteiger charge is 2.40. The average Bonchev–Trinajstić information content (AvgIpc) is 3.18. The minimum atomic E-state index is -0.373. The molecule has 1 saturated heterocycles. The lowest BCUT2D eigenvalue weighted by Crippen LogP contribution is -2.49. The molecular formula is C15H14N6O2. The Morgan fingerprint density at radius 3 is 3.00 bits per heavy atom. The van der Waals surface area contributed by atoms with E-state index < -0.39 is 0 Å². The monoisotopic (exact) mass is 310 g/mol. The Bertz CT molecular complexity index is 840. The van der Waals surface area contributed by atoms with Crippen LogP contribution in [0.3, 0.4) is 0 Å². The lowest BCUT2D eigenvalue weighted by atomic mass is 10.2. The summed E-state index contributed by atoms with van der Waals surface area (Å²) in [6.45, 7) is 1.98. The smallest absolute Gasteiger partial charge is 0.268 e. The highest BCUT2D eigenvalue weighted by molar-refractivity contribution is 6.03. The van der Waals surface area contributed by atoms with Gasteiger partial charge in [-0.1, -0.05) is 18.2 Å². The first-order valence-electron chi connectivity index (χ1n) is 7.31. The molecule has 1 aromatic carbocycles. The number of nitrogens with one attached hydrogen (secondary N) is 1. The topological polar surface area (TPSA) is 93.0 Å². The first-order valence-corrected chi connectivity index (χ1v) is 7.31. The van der Waals surface area contributed by atoms with Gasteiger partial charge < -0.3 is 5.32 Å². The normalized spacial score (nSPS) is 20.3. The number of piperazine rings is 1. The van der Waals surface area contributed by atoms with Crippen LogP contribution in [0.15, 0.2) is 36.0 Å². The number of aromatic nitrogens is 4. The molecule has 0 saturated carbocycles. The van der Waals surface area contributed by atoms with E-state index in [0.29, 0.717) is 17.9 Å². The van der Waals surface area contributed by atoms with E-state index in [2.05, 4.69) is 20.7 Å². The lowest BCUT2D eigenvalue weighted by Gasteiger charge is -2.29. The Morgan fingerprint density at radius 1 is 1.30 bits per heavy atom. The second-order valence-corrected chi connectivity index (χ2v) is 5.56. The zero-order chi connectivity index (χ0) is 16.0. The third-order valence-corrected chi connectivity index (χ3v) is 3.97. The molecule has 2 amide bonds. The summed E-state index contributed by atoms with van der Waals surface area (Å²) in [6.07, 6.45) is 2.25. The summed E-state index contributed by atoms with van der Waals surface area (Å²) < 4.78 is 0. The molecule has 1 N–H and O–H groups in total. The zero-order valence-electron chi connectivity index (χ0n) is 12.4.